The number of ether oxygens (including phenoxy) is 2. The maximum absolute atomic E-state index is 13.0. The number of amides is 4. The van der Waals surface area contributed by atoms with Gasteiger partial charge in [-0.05, 0) is 77.0 Å². The molecule has 0 atom stereocenters. The lowest BCUT2D eigenvalue weighted by Crippen LogP contribution is -2.54. The Hall–Kier alpha value is -2.40. The van der Waals surface area contributed by atoms with E-state index in [0.717, 1.165) is 18.5 Å². The number of nitrogens with one attached hydrogen (secondary N) is 1. The predicted molar refractivity (Wildman–Crippen MR) is 120 cm³/mol. The van der Waals surface area contributed by atoms with Gasteiger partial charge in [0.15, 0.2) is 11.5 Å². The number of methoxy groups -OCH3 is 2. The van der Waals surface area contributed by atoms with E-state index in [1.165, 1.54) is 20.3 Å². The van der Waals surface area contributed by atoms with Crippen LogP contribution in [0.4, 0.5) is 10.5 Å². The largest absolute Gasteiger partial charge is 0.493 e. The van der Waals surface area contributed by atoms with E-state index < -0.39 is 17.8 Å². The first kappa shape index (κ1) is 21.3. The molecule has 0 spiro atoms. The molecule has 1 heterocycles. The molecule has 0 aromatic heterocycles. The molecule has 0 unspecified atom stereocenters. The Labute approximate surface area is 189 Å². The minimum Gasteiger partial charge on any atom is -0.493 e. The smallest absolute Gasteiger partial charge is 0.335 e. The quantitative estimate of drug-likeness (QED) is 0.341. The number of rotatable bonds is 4. The van der Waals surface area contributed by atoms with E-state index in [0.29, 0.717) is 22.7 Å². The summed E-state index contributed by atoms with van der Waals surface area (Å²) in [4.78, 5) is 38.7. The number of barbiturate groups is 1. The third-order valence-corrected chi connectivity index (χ3v) is 5.96. The van der Waals surface area contributed by atoms with Crippen LogP contribution in [0, 0.1) is 10.5 Å². The standard InChI is InChI=1S/C20H16BrIN2O5/c1-10-6-12(4-5-14(10)21)24-19(26)13(18(25)23-20(24)27)7-11-8-15(22)17(29-3)16(9-11)28-2/h4-9H,1-3H3,(H,23,25,27)/b13-7+. The van der Waals surface area contributed by atoms with Crippen LogP contribution in [0.3, 0.4) is 0 Å². The maximum Gasteiger partial charge on any atom is 0.335 e. The Morgan fingerprint density at radius 3 is 2.45 bits per heavy atom. The van der Waals surface area contributed by atoms with E-state index >= 15 is 0 Å². The van der Waals surface area contributed by atoms with Crippen LogP contribution in [0.5, 0.6) is 11.5 Å². The number of hydrogen-bond donors (Lipinski definition) is 1. The summed E-state index contributed by atoms with van der Waals surface area (Å²) in [6, 6.07) is 7.66. The molecule has 1 N–H and O–H groups in total. The summed E-state index contributed by atoms with van der Waals surface area (Å²) >= 11 is 5.46. The van der Waals surface area contributed by atoms with Crippen molar-refractivity contribution >= 4 is 68.1 Å². The fraction of sp³-hybridized carbons (Fsp3) is 0.150. The van der Waals surface area contributed by atoms with Crippen molar-refractivity contribution in [2.45, 2.75) is 6.92 Å². The van der Waals surface area contributed by atoms with Gasteiger partial charge in [-0.15, -0.1) is 0 Å². The van der Waals surface area contributed by atoms with Gasteiger partial charge in [-0.1, -0.05) is 15.9 Å². The van der Waals surface area contributed by atoms with Crippen molar-refractivity contribution in [2.24, 2.45) is 0 Å². The third kappa shape index (κ3) is 4.15. The van der Waals surface area contributed by atoms with Crippen LogP contribution in [0.25, 0.3) is 6.08 Å². The van der Waals surface area contributed by atoms with Crippen LogP contribution < -0.4 is 19.7 Å². The number of carbonyl (C=O) groups excluding carboxylic acids is 3. The van der Waals surface area contributed by atoms with Crippen LogP contribution in [0.15, 0.2) is 40.4 Å². The molecular weight excluding hydrogens is 555 g/mol. The topological polar surface area (TPSA) is 84.9 Å². The zero-order valence-corrected chi connectivity index (χ0v) is 19.5. The van der Waals surface area contributed by atoms with E-state index in [4.69, 9.17) is 9.47 Å². The summed E-state index contributed by atoms with van der Waals surface area (Å²) in [6.45, 7) is 1.84. The van der Waals surface area contributed by atoms with Gasteiger partial charge in [-0.3, -0.25) is 14.9 Å². The van der Waals surface area contributed by atoms with Gasteiger partial charge in [0.2, 0.25) is 0 Å². The average molecular weight is 571 g/mol. The fourth-order valence-corrected chi connectivity index (χ4v) is 3.94. The van der Waals surface area contributed by atoms with E-state index in [1.807, 2.05) is 6.92 Å². The highest BCUT2D eigenvalue weighted by molar-refractivity contribution is 14.1. The van der Waals surface area contributed by atoms with Gasteiger partial charge in [-0.2, -0.15) is 0 Å². The van der Waals surface area contributed by atoms with Crippen LogP contribution in [-0.2, 0) is 9.59 Å². The molecule has 3 rings (SSSR count). The molecule has 7 nitrogen and oxygen atoms in total. The van der Waals surface area contributed by atoms with Gasteiger partial charge in [0.25, 0.3) is 11.8 Å². The first-order chi connectivity index (χ1) is 13.8. The molecule has 1 aliphatic heterocycles. The highest BCUT2D eigenvalue weighted by atomic mass is 127. The Kier molecular flexibility index (Phi) is 6.27. The number of imide groups is 2. The second-order valence-electron chi connectivity index (χ2n) is 6.13. The second kappa shape index (κ2) is 8.54. The van der Waals surface area contributed by atoms with E-state index in [-0.39, 0.29) is 5.57 Å². The Morgan fingerprint density at radius 1 is 1.10 bits per heavy atom. The number of aryl methyl sites for hydroxylation is 1. The van der Waals surface area contributed by atoms with Gasteiger partial charge in [-0.25, -0.2) is 9.69 Å². The van der Waals surface area contributed by atoms with Crippen molar-refractivity contribution in [1.29, 1.82) is 0 Å². The summed E-state index contributed by atoms with van der Waals surface area (Å²) in [5.41, 5.74) is 1.62. The molecule has 1 fully saturated rings. The first-order valence-corrected chi connectivity index (χ1v) is 10.2. The van der Waals surface area contributed by atoms with Gasteiger partial charge in [0, 0.05) is 4.47 Å². The lowest BCUT2D eigenvalue weighted by molar-refractivity contribution is -0.122. The molecule has 4 amide bonds. The number of anilines is 1. The average Bonchev–Trinajstić information content (AvgIpc) is 2.67. The molecule has 0 bridgehead atoms. The number of benzene rings is 2. The fourth-order valence-electron chi connectivity index (χ4n) is 2.85. The summed E-state index contributed by atoms with van der Waals surface area (Å²) in [5, 5.41) is 2.22. The molecule has 0 saturated carbocycles. The van der Waals surface area contributed by atoms with Gasteiger partial charge >= 0.3 is 6.03 Å². The van der Waals surface area contributed by atoms with E-state index in [9.17, 15) is 14.4 Å². The Bertz CT molecular complexity index is 1070. The zero-order chi connectivity index (χ0) is 21.3. The van der Waals surface area contributed by atoms with E-state index in [1.54, 1.807) is 30.3 Å². The number of urea groups is 1. The predicted octanol–water partition coefficient (Wildman–Crippen LogP) is 4.05. The summed E-state index contributed by atoms with van der Waals surface area (Å²) in [7, 11) is 3.03. The Morgan fingerprint density at radius 2 is 1.83 bits per heavy atom. The van der Waals surface area contributed by atoms with Crippen molar-refractivity contribution in [1.82, 2.24) is 5.32 Å². The monoisotopic (exact) mass is 570 g/mol. The zero-order valence-electron chi connectivity index (χ0n) is 15.7. The SMILES string of the molecule is COc1cc(/C=C2\C(=O)NC(=O)N(c3ccc(Br)c(C)c3)C2=O)cc(I)c1OC. The molecule has 0 radical (unpaired) electrons. The van der Waals surface area contributed by atoms with Crippen molar-refractivity contribution in [2.75, 3.05) is 19.1 Å². The van der Waals surface area contributed by atoms with E-state index in [2.05, 4.69) is 43.8 Å². The lowest BCUT2D eigenvalue weighted by atomic mass is 10.1. The van der Waals surface area contributed by atoms with Crippen LogP contribution in [-0.4, -0.2) is 32.1 Å². The van der Waals surface area contributed by atoms with Crippen molar-refractivity contribution in [3.63, 3.8) is 0 Å². The van der Waals surface area contributed by atoms with Crippen molar-refractivity contribution in [3.05, 3.63) is 55.1 Å². The minimum absolute atomic E-state index is 0.159. The summed E-state index contributed by atoms with van der Waals surface area (Å²) in [6.07, 6.45) is 1.42. The minimum atomic E-state index is -0.791. The second-order valence-corrected chi connectivity index (χ2v) is 8.15. The summed E-state index contributed by atoms with van der Waals surface area (Å²) in [5.74, 6) is -0.441. The number of carbonyl (C=O) groups is 3. The maximum atomic E-state index is 13.0. The molecule has 0 aliphatic carbocycles. The molecule has 2 aromatic carbocycles. The molecule has 9 heteroatoms. The molecule has 1 saturated heterocycles. The van der Waals surface area contributed by atoms with Crippen LogP contribution >= 0.6 is 38.5 Å². The van der Waals surface area contributed by atoms with Crippen molar-refractivity contribution in [3.8, 4) is 11.5 Å². The molecule has 29 heavy (non-hydrogen) atoms. The molecule has 2 aromatic rings. The number of halogens is 2. The number of hydrogen-bond acceptors (Lipinski definition) is 5. The van der Waals surface area contributed by atoms with Crippen LogP contribution in [0.2, 0.25) is 0 Å². The molecular formula is C20H16BrIN2O5. The molecule has 1 aliphatic rings. The van der Waals surface area contributed by atoms with Crippen LogP contribution in [0.1, 0.15) is 11.1 Å². The van der Waals surface area contributed by atoms with Gasteiger partial charge in [0.1, 0.15) is 5.57 Å². The number of nitrogens with zero attached hydrogens (tertiary/aromatic N) is 1. The van der Waals surface area contributed by atoms with Gasteiger partial charge in [0.05, 0.1) is 23.5 Å². The highest BCUT2D eigenvalue weighted by Crippen LogP contribution is 2.34. The Balaban J connectivity index is 2.06. The lowest BCUT2D eigenvalue weighted by Gasteiger charge is -2.26. The normalized spacial score (nSPS) is 15.6. The third-order valence-electron chi connectivity index (χ3n) is 4.27. The summed E-state index contributed by atoms with van der Waals surface area (Å²) < 4.78 is 12.2. The first-order valence-electron chi connectivity index (χ1n) is 8.36. The van der Waals surface area contributed by atoms with Gasteiger partial charge < -0.3 is 9.47 Å². The molecule has 150 valence electrons. The van der Waals surface area contributed by atoms with Crippen molar-refractivity contribution < 1.29 is 23.9 Å². The highest BCUT2D eigenvalue weighted by Gasteiger charge is 2.37.